The Balaban J connectivity index is 2.50. The highest BCUT2D eigenvalue weighted by atomic mass is 32.2. The molecule has 1 aliphatic rings. The second kappa shape index (κ2) is 5.42. The molecule has 0 aromatic heterocycles. The number of rotatable bonds is 4. The number of amides is 1. The van der Waals surface area contributed by atoms with E-state index in [2.05, 4.69) is 4.72 Å². The lowest BCUT2D eigenvalue weighted by Gasteiger charge is -2.37. The highest BCUT2D eigenvalue weighted by Gasteiger charge is 2.35. The Kier molecular flexibility index (Phi) is 4.13. The lowest BCUT2D eigenvalue weighted by Crippen LogP contribution is -2.39. The first-order chi connectivity index (χ1) is 9.69. The molecule has 0 saturated heterocycles. The van der Waals surface area contributed by atoms with Gasteiger partial charge in [-0.25, -0.2) is 13.1 Å². The van der Waals surface area contributed by atoms with E-state index in [1.807, 2.05) is 20.8 Å². The molecule has 0 atom stereocenters. The summed E-state index contributed by atoms with van der Waals surface area (Å²) in [6.07, 6.45) is 1.12. The first-order valence-corrected chi connectivity index (χ1v) is 8.58. The van der Waals surface area contributed by atoms with Crippen LogP contribution >= 0.6 is 0 Å². The van der Waals surface area contributed by atoms with Crippen LogP contribution in [0.2, 0.25) is 0 Å². The van der Waals surface area contributed by atoms with Crippen molar-refractivity contribution in [3.05, 3.63) is 23.8 Å². The summed E-state index contributed by atoms with van der Waals surface area (Å²) < 4.78 is 27.1. The summed E-state index contributed by atoms with van der Waals surface area (Å²) in [5.74, 6) is 0.0483. The summed E-state index contributed by atoms with van der Waals surface area (Å²) in [5, 5.41) is 0. The fraction of sp³-hybridized carbons (Fsp3) is 0.533. The molecule has 1 aromatic carbocycles. The van der Waals surface area contributed by atoms with Crippen molar-refractivity contribution in [1.29, 1.82) is 0 Å². The minimum atomic E-state index is -3.49. The third-order valence-electron chi connectivity index (χ3n) is 3.88. The molecule has 1 aromatic rings. The average molecular weight is 310 g/mol. The van der Waals surface area contributed by atoms with E-state index in [1.54, 1.807) is 30.1 Å². The molecule has 1 aliphatic heterocycles. The standard InChI is InChI=1S/C15H22N2O3S/c1-5-8-16-21(19,20)11-6-7-13-12(9-11)15(2,3)10-14(18)17(13)4/h6-7,9,16H,5,8,10H2,1-4H3. The molecule has 0 saturated carbocycles. The molecular weight excluding hydrogens is 288 g/mol. The van der Waals surface area contributed by atoms with Gasteiger partial charge in [0.1, 0.15) is 0 Å². The van der Waals surface area contributed by atoms with Crippen LogP contribution in [-0.2, 0) is 20.2 Å². The van der Waals surface area contributed by atoms with Crippen molar-refractivity contribution < 1.29 is 13.2 Å². The molecule has 0 aliphatic carbocycles. The molecule has 0 fully saturated rings. The van der Waals surface area contributed by atoms with Crippen molar-refractivity contribution in [1.82, 2.24) is 4.72 Å². The smallest absolute Gasteiger partial charge is 0.240 e. The number of nitrogens with one attached hydrogen (secondary N) is 1. The van der Waals surface area contributed by atoms with Gasteiger partial charge in [0.15, 0.2) is 0 Å². The van der Waals surface area contributed by atoms with Crippen molar-refractivity contribution in [3.63, 3.8) is 0 Å². The topological polar surface area (TPSA) is 66.5 Å². The van der Waals surface area contributed by atoms with Crippen LogP contribution in [0.5, 0.6) is 0 Å². The lowest BCUT2D eigenvalue weighted by atomic mass is 9.77. The molecule has 1 heterocycles. The maximum absolute atomic E-state index is 12.2. The van der Waals surface area contributed by atoms with E-state index in [0.717, 1.165) is 17.7 Å². The predicted molar refractivity (Wildman–Crippen MR) is 83.0 cm³/mol. The summed E-state index contributed by atoms with van der Waals surface area (Å²) in [6.45, 7) is 6.26. The van der Waals surface area contributed by atoms with Crippen LogP contribution < -0.4 is 9.62 Å². The number of benzene rings is 1. The molecule has 0 bridgehead atoms. The van der Waals surface area contributed by atoms with E-state index in [9.17, 15) is 13.2 Å². The third kappa shape index (κ3) is 2.96. The van der Waals surface area contributed by atoms with Gasteiger partial charge in [-0.15, -0.1) is 0 Å². The number of sulfonamides is 1. The van der Waals surface area contributed by atoms with Crippen LogP contribution in [0.3, 0.4) is 0 Å². The second-order valence-corrected chi connectivity index (χ2v) is 7.86. The molecule has 0 unspecified atom stereocenters. The van der Waals surface area contributed by atoms with Crippen molar-refractivity contribution >= 4 is 21.6 Å². The Morgan fingerprint density at radius 3 is 2.62 bits per heavy atom. The molecule has 1 amide bonds. The molecular formula is C15H22N2O3S. The maximum Gasteiger partial charge on any atom is 0.240 e. The quantitative estimate of drug-likeness (QED) is 0.925. The summed E-state index contributed by atoms with van der Waals surface area (Å²) in [5.41, 5.74) is 1.31. The van der Waals surface area contributed by atoms with E-state index in [-0.39, 0.29) is 16.2 Å². The number of hydrogen-bond acceptors (Lipinski definition) is 3. The van der Waals surface area contributed by atoms with Gasteiger partial charge < -0.3 is 4.90 Å². The number of nitrogens with zero attached hydrogens (tertiary/aromatic N) is 1. The van der Waals surface area contributed by atoms with Crippen molar-refractivity contribution in [2.45, 2.75) is 43.9 Å². The van der Waals surface area contributed by atoms with Gasteiger partial charge in [-0.2, -0.15) is 0 Å². The summed E-state index contributed by atoms with van der Waals surface area (Å²) in [6, 6.07) is 4.97. The van der Waals surface area contributed by atoms with Gasteiger partial charge in [-0.1, -0.05) is 20.8 Å². The number of anilines is 1. The lowest BCUT2D eigenvalue weighted by molar-refractivity contribution is -0.119. The zero-order valence-electron chi connectivity index (χ0n) is 12.9. The molecule has 6 heteroatoms. The minimum absolute atomic E-state index is 0.0483. The SMILES string of the molecule is CCCNS(=O)(=O)c1ccc2c(c1)C(C)(C)CC(=O)N2C. The van der Waals surface area contributed by atoms with Gasteiger partial charge in [-0.05, 0) is 30.2 Å². The van der Waals surface area contributed by atoms with Gasteiger partial charge in [0.05, 0.1) is 4.90 Å². The van der Waals surface area contributed by atoms with E-state index in [0.29, 0.717) is 13.0 Å². The van der Waals surface area contributed by atoms with Crippen LogP contribution in [0.1, 0.15) is 39.2 Å². The number of hydrogen-bond donors (Lipinski definition) is 1. The van der Waals surface area contributed by atoms with E-state index in [4.69, 9.17) is 0 Å². The van der Waals surface area contributed by atoms with E-state index >= 15 is 0 Å². The summed E-state index contributed by atoms with van der Waals surface area (Å²) in [7, 11) is -1.77. The zero-order chi connectivity index (χ0) is 15.8. The normalized spacial score (nSPS) is 17.7. The molecule has 116 valence electrons. The molecule has 2 rings (SSSR count). The number of fused-ring (bicyclic) bond motifs is 1. The molecule has 21 heavy (non-hydrogen) atoms. The van der Waals surface area contributed by atoms with E-state index < -0.39 is 10.0 Å². The van der Waals surface area contributed by atoms with Crippen molar-refractivity contribution in [3.8, 4) is 0 Å². The van der Waals surface area contributed by atoms with E-state index in [1.165, 1.54) is 0 Å². The van der Waals surface area contributed by atoms with Crippen LogP contribution in [0.15, 0.2) is 23.1 Å². The van der Waals surface area contributed by atoms with Gasteiger partial charge in [0, 0.05) is 31.1 Å². The second-order valence-electron chi connectivity index (χ2n) is 6.09. The van der Waals surface area contributed by atoms with Gasteiger partial charge >= 0.3 is 0 Å². The van der Waals surface area contributed by atoms with Crippen LogP contribution in [0.4, 0.5) is 5.69 Å². The maximum atomic E-state index is 12.2. The number of carbonyl (C=O) groups excluding carboxylic acids is 1. The molecule has 0 spiro atoms. The van der Waals surface area contributed by atoms with Crippen LogP contribution in [-0.4, -0.2) is 27.9 Å². The van der Waals surface area contributed by atoms with Crippen LogP contribution in [0.25, 0.3) is 0 Å². The fourth-order valence-electron chi connectivity index (χ4n) is 2.56. The zero-order valence-corrected chi connectivity index (χ0v) is 13.8. The van der Waals surface area contributed by atoms with Crippen LogP contribution in [0, 0.1) is 0 Å². The highest BCUT2D eigenvalue weighted by molar-refractivity contribution is 7.89. The largest absolute Gasteiger partial charge is 0.315 e. The molecule has 5 nitrogen and oxygen atoms in total. The van der Waals surface area contributed by atoms with Gasteiger partial charge in [0.25, 0.3) is 0 Å². The highest BCUT2D eigenvalue weighted by Crippen LogP contribution is 2.40. The molecule has 1 N–H and O–H groups in total. The van der Waals surface area contributed by atoms with Crippen molar-refractivity contribution in [2.24, 2.45) is 0 Å². The Labute approximate surface area is 126 Å². The van der Waals surface area contributed by atoms with Crippen molar-refractivity contribution in [2.75, 3.05) is 18.5 Å². The fourth-order valence-corrected chi connectivity index (χ4v) is 3.72. The first-order valence-electron chi connectivity index (χ1n) is 7.10. The Bertz CT molecular complexity index is 665. The average Bonchev–Trinajstić information content (AvgIpc) is 2.42. The Morgan fingerprint density at radius 2 is 2.00 bits per heavy atom. The summed E-state index contributed by atoms with van der Waals surface area (Å²) >= 11 is 0. The number of carbonyl (C=O) groups is 1. The third-order valence-corrected chi connectivity index (χ3v) is 5.34. The van der Waals surface area contributed by atoms with Gasteiger partial charge in [0.2, 0.25) is 15.9 Å². The monoisotopic (exact) mass is 310 g/mol. The minimum Gasteiger partial charge on any atom is -0.315 e. The summed E-state index contributed by atoms with van der Waals surface area (Å²) in [4.78, 5) is 13.8. The molecule has 0 radical (unpaired) electrons. The Hall–Kier alpha value is -1.40. The first kappa shape index (κ1) is 16.0. The predicted octanol–water partition coefficient (Wildman–Crippen LogP) is 2.02. The van der Waals surface area contributed by atoms with Gasteiger partial charge in [-0.3, -0.25) is 4.79 Å². The Morgan fingerprint density at radius 1 is 1.33 bits per heavy atom.